The molecule has 0 saturated heterocycles. The molecule has 2 aliphatic rings. The number of benzene rings is 2. The van der Waals surface area contributed by atoms with E-state index in [1.165, 1.54) is 11.1 Å². The van der Waals surface area contributed by atoms with Crippen LogP contribution in [-0.2, 0) is 10.5 Å². The van der Waals surface area contributed by atoms with Crippen molar-refractivity contribution < 1.29 is 4.79 Å². The second kappa shape index (κ2) is 8.49. The van der Waals surface area contributed by atoms with Gasteiger partial charge < -0.3 is 5.32 Å². The Hall–Kier alpha value is -2.28. The lowest BCUT2D eigenvalue weighted by Crippen LogP contribution is -2.36. The molecule has 33 heavy (non-hydrogen) atoms. The lowest BCUT2D eigenvalue weighted by Gasteiger charge is -2.38. The molecule has 1 aliphatic heterocycles. The summed E-state index contributed by atoms with van der Waals surface area (Å²) in [5, 5.41) is 9.93. The van der Waals surface area contributed by atoms with Gasteiger partial charge in [-0.25, -0.2) is 4.68 Å². The van der Waals surface area contributed by atoms with Crippen LogP contribution in [0.1, 0.15) is 49.4 Å². The first-order chi connectivity index (χ1) is 15.7. The van der Waals surface area contributed by atoms with E-state index in [1.807, 2.05) is 18.2 Å². The number of aryl methyl sites for hydroxylation is 1. The number of ketones is 1. The number of nitrogens with one attached hydrogen (secondary N) is 1. The molecule has 1 unspecified atom stereocenters. The summed E-state index contributed by atoms with van der Waals surface area (Å²) in [5.74, 6) is 1.50. The van der Waals surface area contributed by atoms with Gasteiger partial charge in [-0.15, -0.1) is 5.10 Å². The van der Waals surface area contributed by atoms with E-state index in [4.69, 9.17) is 33.3 Å². The largest absolute Gasteiger partial charge is 0.328 e. The number of allylic oxidation sites excluding steroid dienone is 2. The van der Waals surface area contributed by atoms with Gasteiger partial charge in [0.1, 0.15) is 6.04 Å². The Kier molecular flexibility index (Phi) is 5.79. The minimum absolute atomic E-state index is 0.111. The monoisotopic (exact) mass is 498 g/mol. The molecule has 1 aliphatic carbocycles. The number of thioether (sulfide) groups is 1. The van der Waals surface area contributed by atoms with E-state index in [-0.39, 0.29) is 11.2 Å². The van der Waals surface area contributed by atoms with Gasteiger partial charge in [-0.3, -0.25) is 4.79 Å². The standard InChI is InChI=1S/C25H24Cl2N4OS/c1-14-6-4-5-7-15(14)13-33-24-29-23-28-19-11-25(2,3)12-20(32)21(19)22(31(23)30-24)17-9-8-16(26)10-18(17)27/h4-10,22H,11-13H2,1-3H3,(H,28,29,30). The van der Waals surface area contributed by atoms with E-state index in [0.29, 0.717) is 33.1 Å². The zero-order valence-electron chi connectivity index (χ0n) is 18.7. The molecule has 0 spiro atoms. The molecule has 8 heteroatoms. The van der Waals surface area contributed by atoms with Gasteiger partial charge in [-0.1, -0.05) is 79.1 Å². The van der Waals surface area contributed by atoms with Gasteiger partial charge in [-0.2, -0.15) is 4.98 Å². The fourth-order valence-corrected chi connectivity index (χ4v) is 5.99. The van der Waals surface area contributed by atoms with Crippen molar-refractivity contribution in [1.82, 2.24) is 14.8 Å². The van der Waals surface area contributed by atoms with Crippen LogP contribution in [0, 0.1) is 12.3 Å². The van der Waals surface area contributed by atoms with Crippen LogP contribution in [0.2, 0.25) is 10.0 Å². The maximum Gasteiger partial charge on any atom is 0.227 e. The molecule has 1 atom stereocenters. The van der Waals surface area contributed by atoms with Crippen molar-refractivity contribution >= 4 is 46.7 Å². The highest BCUT2D eigenvalue weighted by atomic mass is 35.5. The predicted molar refractivity (Wildman–Crippen MR) is 134 cm³/mol. The Morgan fingerprint density at radius 1 is 1.18 bits per heavy atom. The SMILES string of the molecule is Cc1ccccc1CSc1nc2n(n1)C(c1ccc(Cl)cc1Cl)C1=C(CC(C)(C)CC1=O)N2. The maximum absolute atomic E-state index is 13.3. The summed E-state index contributed by atoms with van der Waals surface area (Å²) in [6.07, 6.45) is 1.24. The molecule has 1 aromatic heterocycles. The average molecular weight is 499 g/mol. The second-order valence-electron chi connectivity index (χ2n) is 9.40. The molecule has 0 bridgehead atoms. The number of halogens is 2. The number of rotatable bonds is 4. The summed E-state index contributed by atoms with van der Waals surface area (Å²) < 4.78 is 1.80. The smallest absolute Gasteiger partial charge is 0.227 e. The molecule has 0 fully saturated rings. The molecular weight excluding hydrogens is 475 g/mol. The fraction of sp³-hybridized carbons (Fsp3) is 0.320. The molecular formula is C25H24Cl2N4OS. The Balaban J connectivity index is 1.56. The van der Waals surface area contributed by atoms with Gasteiger partial charge in [0, 0.05) is 39.1 Å². The summed E-state index contributed by atoms with van der Waals surface area (Å²) in [6.45, 7) is 6.33. The number of carbonyl (C=O) groups excluding carboxylic acids is 1. The van der Waals surface area contributed by atoms with Gasteiger partial charge in [-0.05, 0) is 42.0 Å². The lowest BCUT2D eigenvalue weighted by molar-refractivity contribution is -0.118. The summed E-state index contributed by atoms with van der Waals surface area (Å²) in [5.41, 5.74) is 4.78. The first kappa shape index (κ1) is 22.5. The lowest BCUT2D eigenvalue weighted by atomic mass is 9.73. The summed E-state index contributed by atoms with van der Waals surface area (Å²) in [6, 6.07) is 13.3. The Morgan fingerprint density at radius 3 is 2.73 bits per heavy atom. The van der Waals surface area contributed by atoms with Gasteiger partial charge in [0.25, 0.3) is 0 Å². The first-order valence-corrected chi connectivity index (χ1v) is 12.6. The van der Waals surface area contributed by atoms with E-state index < -0.39 is 6.04 Å². The predicted octanol–water partition coefficient (Wildman–Crippen LogP) is 6.84. The van der Waals surface area contributed by atoms with Crippen LogP contribution < -0.4 is 5.32 Å². The highest BCUT2D eigenvalue weighted by Crippen LogP contribution is 2.47. The molecule has 3 aromatic rings. The van der Waals surface area contributed by atoms with Gasteiger partial charge in [0.15, 0.2) is 5.78 Å². The fourth-order valence-electron chi connectivity index (χ4n) is 4.58. The van der Waals surface area contributed by atoms with Crippen molar-refractivity contribution in [3.05, 3.63) is 80.5 Å². The number of Topliss-reactive ketones (excluding diaryl/α,β-unsaturated/α-hetero) is 1. The Bertz CT molecular complexity index is 1300. The molecule has 1 N–H and O–H groups in total. The van der Waals surface area contributed by atoms with Crippen molar-refractivity contribution in [2.24, 2.45) is 5.41 Å². The molecule has 5 nitrogen and oxygen atoms in total. The molecule has 2 aromatic carbocycles. The number of hydrogen-bond acceptors (Lipinski definition) is 5. The summed E-state index contributed by atoms with van der Waals surface area (Å²) in [7, 11) is 0. The van der Waals surface area contributed by atoms with Crippen LogP contribution in [0.3, 0.4) is 0 Å². The third kappa shape index (κ3) is 4.32. The van der Waals surface area contributed by atoms with E-state index in [1.54, 1.807) is 28.6 Å². The highest BCUT2D eigenvalue weighted by Gasteiger charge is 2.42. The third-order valence-electron chi connectivity index (χ3n) is 6.19. The quantitative estimate of drug-likeness (QED) is 0.398. The van der Waals surface area contributed by atoms with Crippen LogP contribution in [0.15, 0.2) is 58.9 Å². The number of aromatic nitrogens is 3. The van der Waals surface area contributed by atoms with Crippen molar-refractivity contribution in [2.75, 3.05) is 5.32 Å². The number of fused-ring (bicyclic) bond motifs is 1. The van der Waals surface area contributed by atoms with E-state index >= 15 is 0 Å². The van der Waals surface area contributed by atoms with Crippen molar-refractivity contribution in [2.45, 2.75) is 50.6 Å². The number of hydrogen-bond donors (Lipinski definition) is 1. The molecule has 2 heterocycles. The number of nitrogens with zero attached hydrogens (tertiary/aromatic N) is 3. The first-order valence-electron chi connectivity index (χ1n) is 10.8. The maximum atomic E-state index is 13.3. The van der Waals surface area contributed by atoms with Gasteiger partial charge in [0.2, 0.25) is 11.1 Å². The van der Waals surface area contributed by atoms with E-state index in [2.05, 4.69) is 38.2 Å². The van der Waals surface area contributed by atoms with Gasteiger partial charge >= 0.3 is 0 Å². The molecule has 5 rings (SSSR count). The van der Waals surface area contributed by atoms with Crippen LogP contribution in [0.5, 0.6) is 0 Å². The van der Waals surface area contributed by atoms with Crippen molar-refractivity contribution in [3.8, 4) is 0 Å². The van der Waals surface area contributed by atoms with Crippen LogP contribution >= 0.6 is 35.0 Å². The van der Waals surface area contributed by atoms with Crippen molar-refractivity contribution in [1.29, 1.82) is 0 Å². The average Bonchev–Trinajstić information content (AvgIpc) is 3.13. The summed E-state index contributed by atoms with van der Waals surface area (Å²) >= 11 is 14.4. The Morgan fingerprint density at radius 2 is 1.97 bits per heavy atom. The highest BCUT2D eigenvalue weighted by molar-refractivity contribution is 7.98. The molecule has 0 saturated carbocycles. The van der Waals surface area contributed by atoms with Crippen LogP contribution in [-0.4, -0.2) is 20.5 Å². The minimum Gasteiger partial charge on any atom is -0.328 e. The van der Waals surface area contributed by atoms with Gasteiger partial charge in [0.05, 0.1) is 0 Å². The number of anilines is 1. The topological polar surface area (TPSA) is 59.8 Å². The second-order valence-corrected chi connectivity index (χ2v) is 11.2. The molecule has 170 valence electrons. The van der Waals surface area contributed by atoms with Crippen molar-refractivity contribution in [3.63, 3.8) is 0 Å². The van der Waals surface area contributed by atoms with E-state index in [0.717, 1.165) is 23.4 Å². The van der Waals surface area contributed by atoms with E-state index in [9.17, 15) is 4.79 Å². The third-order valence-corrected chi connectivity index (χ3v) is 7.64. The molecule has 0 amide bonds. The van der Waals surface area contributed by atoms with Crippen LogP contribution in [0.4, 0.5) is 5.95 Å². The van der Waals surface area contributed by atoms with Crippen LogP contribution in [0.25, 0.3) is 0 Å². The minimum atomic E-state index is -0.440. The summed E-state index contributed by atoms with van der Waals surface area (Å²) in [4.78, 5) is 18.1. The molecule has 0 radical (unpaired) electrons. The number of carbonyl (C=O) groups is 1. The zero-order valence-corrected chi connectivity index (χ0v) is 21.0. The zero-order chi connectivity index (χ0) is 23.3. The Labute approximate surface area is 207 Å². The normalized spacial score (nSPS) is 19.2.